The van der Waals surface area contributed by atoms with Crippen LogP contribution in [0.3, 0.4) is 0 Å². The van der Waals surface area contributed by atoms with Crippen molar-refractivity contribution in [3.63, 3.8) is 0 Å². The number of carbonyl (C=O) groups excluding carboxylic acids is 2. The van der Waals surface area contributed by atoms with E-state index in [0.717, 1.165) is 25.9 Å². The Kier molecular flexibility index (Phi) is 6.48. The summed E-state index contributed by atoms with van der Waals surface area (Å²) in [5.41, 5.74) is 0.270. The van der Waals surface area contributed by atoms with E-state index in [2.05, 4.69) is 22.9 Å². The Morgan fingerprint density at radius 1 is 1.25 bits per heavy atom. The Bertz CT molecular complexity index is 594. The molecule has 7 heteroatoms. The second kappa shape index (κ2) is 8.37. The molecule has 1 aliphatic rings. The van der Waals surface area contributed by atoms with Crippen molar-refractivity contribution in [3.05, 3.63) is 22.2 Å². The molecule has 0 spiro atoms. The van der Waals surface area contributed by atoms with Crippen LogP contribution in [0.1, 0.15) is 30.1 Å². The van der Waals surface area contributed by atoms with Crippen LogP contribution in [-0.4, -0.2) is 50.7 Å². The second-order valence-electron chi connectivity index (χ2n) is 5.86. The number of ether oxygens (including phenoxy) is 3. The lowest BCUT2D eigenvalue weighted by Crippen LogP contribution is -2.41. The molecule has 1 amide bonds. The molecule has 1 saturated heterocycles. The van der Waals surface area contributed by atoms with E-state index >= 15 is 0 Å². The predicted octanol–water partition coefficient (Wildman–Crippen LogP) is 2.88. The number of likely N-dealkylation sites (tertiary alicyclic amines) is 1. The third-order valence-electron chi connectivity index (χ3n) is 4.02. The molecule has 0 aromatic heterocycles. The molecule has 6 nitrogen and oxygen atoms in total. The number of hydrogen-bond donors (Lipinski definition) is 0. The molecule has 24 heavy (non-hydrogen) atoms. The maximum absolute atomic E-state index is 12.2. The first-order chi connectivity index (χ1) is 11.5. The summed E-state index contributed by atoms with van der Waals surface area (Å²) in [6.07, 6.45) is 2.12. The van der Waals surface area contributed by atoms with Crippen molar-refractivity contribution in [1.82, 2.24) is 4.90 Å². The van der Waals surface area contributed by atoms with E-state index in [1.165, 1.54) is 14.2 Å². The van der Waals surface area contributed by atoms with E-state index in [4.69, 9.17) is 14.2 Å². The number of carbonyl (C=O) groups is 2. The highest BCUT2D eigenvalue weighted by molar-refractivity contribution is 9.10. The molecule has 1 aromatic carbocycles. The molecule has 0 N–H and O–H groups in total. The van der Waals surface area contributed by atoms with E-state index in [9.17, 15) is 9.59 Å². The molecular weight excluding hydrogens is 378 g/mol. The van der Waals surface area contributed by atoms with Gasteiger partial charge in [0.2, 0.25) is 0 Å². The molecule has 0 unspecified atom stereocenters. The fraction of sp³-hybridized carbons (Fsp3) is 0.529. The highest BCUT2D eigenvalue weighted by Crippen LogP contribution is 2.35. The van der Waals surface area contributed by atoms with Crippen molar-refractivity contribution in [2.24, 2.45) is 5.92 Å². The zero-order chi connectivity index (χ0) is 17.7. The lowest BCUT2D eigenvalue weighted by molar-refractivity contribution is -0.136. The molecule has 2 rings (SSSR count). The van der Waals surface area contributed by atoms with Crippen LogP contribution in [0.4, 0.5) is 0 Å². The average molecular weight is 400 g/mol. The molecule has 1 heterocycles. The Labute approximate surface area is 150 Å². The predicted molar refractivity (Wildman–Crippen MR) is 92.5 cm³/mol. The minimum atomic E-state index is -0.586. The number of hydrogen-bond acceptors (Lipinski definition) is 5. The van der Waals surface area contributed by atoms with Gasteiger partial charge in [0.1, 0.15) is 16.0 Å². The third-order valence-corrected chi connectivity index (χ3v) is 4.80. The number of amides is 1. The van der Waals surface area contributed by atoms with E-state index in [1.807, 2.05) is 0 Å². The van der Waals surface area contributed by atoms with Gasteiger partial charge in [-0.2, -0.15) is 0 Å². The summed E-state index contributed by atoms with van der Waals surface area (Å²) in [5.74, 6) is 0.650. The lowest BCUT2D eigenvalue weighted by Gasteiger charge is -2.30. The van der Waals surface area contributed by atoms with Gasteiger partial charge in [-0.15, -0.1) is 0 Å². The highest BCUT2D eigenvalue weighted by Gasteiger charge is 2.22. The maximum Gasteiger partial charge on any atom is 0.338 e. The summed E-state index contributed by atoms with van der Waals surface area (Å²) >= 11 is 3.34. The molecule has 132 valence electrons. The standard InChI is InChI=1S/C17H22BrNO5/c1-11-5-4-6-19(9-11)15(20)10-24-17(21)12-7-13(22-2)16(18)14(8-12)23-3/h7-8,11H,4-6,9-10H2,1-3H3/t11-/m0/s1. The van der Waals surface area contributed by atoms with Crippen LogP contribution in [0.15, 0.2) is 16.6 Å². The van der Waals surface area contributed by atoms with Gasteiger partial charge < -0.3 is 19.1 Å². The quantitative estimate of drug-likeness (QED) is 0.712. The summed E-state index contributed by atoms with van der Waals surface area (Å²) in [6.45, 7) is 3.30. The number of benzene rings is 1. The molecule has 0 radical (unpaired) electrons. The largest absolute Gasteiger partial charge is 0.495 e. The van der Waals surface area contributed by atoms with Crippen molar-refractivity contribution < 1.29 is 23.8 Å². The smallest absolute Gasteiger partial charge is 0.338 e. The Hall–Kier alpha value is -1.76. The SMILES string of the molecule is COc1cc(C(=O)OCC(=O)N2CCC[C@H](C)C2)cc(OC)c1Br. The maximum atomic E-state index is 12.2. The van der Waals surface area contributed by atoms with Gasteiger partial charge in [-0.25, -0.2) is 4.79 Å². The highest BCUT2D eigenvalue weighted by atomic mass is 79.9. The Morgan fingerprint density at radius 3 is 2.42 bits per heavy atom. The zero-order valence-electron chi connectivity index (χ0n) is 14.1. The zero-order valence-corrected chi connectivity index (χ0v) is 15.7. The lowest BCUT2D eigenvalue weighted by atomic mass is 10.0. The van der Waals surface area contributed by atoms with Gasteiger partial charge >= 0.3 is 5.97 Å². The second-order valence-corrected chi connectivity index (χ2v) is 6.65. The number of halogens is 1. The summed E-state index contributed by atoms with van der Waals surface area (Å²) < 4.78 is 16.2. The van der Waals surface area contributed by atoms with Crippen LogP contribution in [0.25, 0.3) is 0 Å². The molecule has 1 fully saturated rings. The summed E-state index contributed by atoms with van der Waals surface area (Å²) in [7, 11) is 2.99. The third kappa shape index (κ3) is 4.41. The van der Waals surface area contributed by atoms with Crippen molar-refractivity contribution >= 4 is 27.8 Å². The first-order valence-electron chi connectivity index (χ1n) is 7.82. The number of nitrogens with zero attached hydrogens (tertiary/aromatic N) is 1. The van der Waals surface area contributed by atoms with E-state index in [-0.39, 0.29) is 18.1 Å². The van der Waals surface area contributed by atoms with Crippen LogP contribution in [-0.2, 0) is 9.53 Å². The van der Waals surface area contributed by atoms with Gasteiger partial charge in [-0.1, -0.05) is 6.92 Å². The van der Waals surface area contributed by atoms with Crippen LogP contribution < -0.4 is 9.47 Å². The Morgan fingerprint density at radius 2 is 1.88 bits per heavy atom. The molecule has 1 aliphatic heterocycles. The fourth-order valence-corrected chi connectivity index (χ4v) is 3.26. The Balaban J connectivity index is 2.00. The van der Waals surface area contributed by atoms with E-state index in [1.54, 1.807) is 17.0 Å². The van der Waals surface area contributed by atoms with Crippen LogP contribution in [0.2, 0.25) is 0 Å². The van der Waals surface area contributed by atoms with Crippen LogP contribution in [0.5, 0.6) is 11.5 Å². The van der Waals surface area contributed by atoms with Gasteiger partial charge in [0.25, 0.3) is 5.91 Å². The molecule has 1 atom stereocenters. The molecule has 0 saturated carbocycles. The summed E-state index contributed by atoms with van der Waals surface area (Å²) in [5, 5.41) is 0. The van der Waals surface area contributed by atoms with Gasteiger partial charge in [-0.3, -0.25) is 4.79 Å². The van der Waals surface area contributed by atoms with Crippen LogP contribution >= 0.6 is 15.9 Å². The first-order valence-corrected chi connectivity index (χ1v) is 8.62. The number of esters is 1. The number of methoxy groups -OCH3 is 2. The van der Waals surface area contributed by atoms with Gasteiger partial charge in [0, 0.05) is 13.1 Å². The molecule has 1 aromatic rings. The van der Waals surface area contributed by atoms with Crippen molar-refractivity contribution in [2.75, 3.05) is 33.9 Å². The van der Waals surface area contributed by atoms with Crippen molar-refractivity contribution in [2.45, 2.75) is 19.8 Å². The first kappa shape index (κ1) is 18.6. The van der Waals surface area contributed by atoms with Crippen molar-refractivity contribution in [1.29, 1.82) is 0 Å². The normalized spacial score (nSPS) is 17.3. The fourth-order valence-electron chi connectivity index (χ4n) is 2.71. The summed E-state index contributed by atoms with van der Waals surface area (Å²) in [4.78, 5) is 26.2. The van der Waals surface area contributed by atoms with Gasteiger partial charge in [-0.05, 0) is 46.8 Å². The minimum absolute atomic E-state index is 0.161. The number of piperidine rings is 1. The monoisotopic (exact) mass is 399 g/mol. The number of rotatable bonds is 5. The average Bonchev–Trinajstić information content (AvgIpc) is 2.59. The van der Waals surface area contributed by atoms with Gasteiger partial charge in [0.05, 0.1) is 19.8 Å². The minimum Gasteiger partial charge on any atom is -0.495 e. The molecular formula is C17H22BrNO5. The van der Waals surface area contributed by atoms with Crippen LogP contribution in [0, 0.1) is 5.92 Å². The molecule has 0 bridgehead atoms. The topological polar surface area (TPSA) is 65.1 Å². The van der Waals surface area contributed by atoms with Gasteiger partial charge in [0.15, 0.2) is 6.61 Å². The van der Waals surface area contributed by atoms with Crippen molar-refractivity contribution in [3.8, 4) is 11.5 Å². The van der Waals surface area contributed by atoms with E-state index < -0.39 is 5.97 Å². The summed E-state index contributed by atoms with van der Waals surface area (Å²) in [6, 6.07) is 3.09. The van der Waals surface area contributed by atoms with E-state index in [0.29, 0.717) is 21.9 Å². The molecule has 0 aliphatic carbocycles.